The molecule has 32 heavy (non-hydrogen) atoms. The summed E-state index contributed by atoms with van der Waals surface area (Å²) in [7, 11) is 0. The lowest BCUT2D eigenvalue weighted by Gasteiger charge is -2.59. The summed E-state index contributed by atoms with van der Waals surface area (Å²) in [5.74, 6) is 3.55. The number of carbonyl (C=O) groups is 1. The van der Waals surface area contributed by atoms with E-state index in [-0.39, 0.29) is 12.5 Å². The van der Waals surface area contributed by atoms with Crippen LogP contribution in [-0.4, -0.2) is 18.6 Å². The molecule has 4 heteroatoms. The van der Waals surface area contributed by atoms with Gasteiger partial charge in [0.05, 0.1) is 0 Å². The average Bonchev–Trinajstić information content (AvgIpc) is 2.77. The Balaban J connectivity index is 1.17. The van der Waals surface area contributed by atoms with Crippen LogP contribution in [0.3, 0.4) is 0 Å². The molecule has 4 fully saturated rings. The summed E-state index contributed by atoms with van der Waals surface area (Å²) >= 11 is 0. The van der Waals surface area contributed by atoms with Crippen LogP contribution in [0.15, 0.2) is 48.5 Å². The van der Waals surface area contributed by atoms with Crippen LogP contribution in [0, 0.1) is 30.1 Å². The number of carbonyl (C=O) groups excluding carboxylic acids is 1. The van der Waals surface area contributed by atoms with Crippen molar-refractivity contribution in [2.24, 2.45) is 23.2 Å². The largest absolute Gasteiger partial charge is 0.483 e. The zero-order chi connectivity index (χ0) is 22.1. The zero-order valence-electron chi connectivity index (χ0n) is 19.4. The first kappa shape index (κ1) is 21.5. The number of hydrogen-bond donors (Lipinski definition) is 2. The molecule has 6 rings (SSSR count). The van der Waals surface area contributed by atoms with E-state index in [1.807, 2.05) is 49.4 Å². The summed E-state index contributed by atoms with van der Waals surface area (Å²) in [5, 5.41) is 6.75. The molecule has 4 aliphatic rings. The van der Waals surface area contributed by atoms with Gasteiger partial charge in [-0.1, -0.05) is 35.9 Å². The van der Waals surface area contributed by atoms with E-state index in [0.29, 0.717) is 11.5 Å². The molecule has 4 nitrogen and oxygen atoms in total. The fourth-order valence-corrected chi connectivity index (χ4v) is 6.96. The summed E-state index contributed by atoms with van der Waals surface area (Å²) in [6, 6.07) is 16.4. The molecule has 170 valence electrons. The van der Waals surface area contributed by atoms with Gasteiger partial charge in [0.15, 0.2) is 6.61 Å². The number of rotatable bonds is 8. The summed E-state index contributed by atoms with van der Waals surface area (Å²) < 4.78 is 5.92. The van der Waals surface area contributed by atoms with Crippen molar-refractivity contribution in [3.05, 3.63) is 59.7 Å². The Bertz CT molecular complexity index is 917. The van der Waals surface area contributed by atoms with Gasteiger partial charge < -0.3 is 15.4 Å². The molecule has 2 aromatic carbocycles. The Hall–Kier alpha value is -2.33. The number of nitrogens with one attached hydrogen (secondary N) is 2. The van der Waals surface area contributed by atoms with E-state index in [0.717, 1.165) is 41.3 Å². The average molecular weight is 433 g/mol. The minimum Gasteiger partial charge on any atom is -0.483 e. The van der Waals surface area contributed by atoms with Gasteiger partial charge in [-0.05, 0) is 93.7 Å². The molecule has 2 N–H and O–H groups in total. The summed E-state index contributed by atoms with van der Waals surface area (Å²) in [5.41, 5.74) is 3.57. The molecule has 0 aromatic heterocycles. The molecule has 4 aliphatic carbocycles. The third-order valence-electron chi connectivity index (χ3n) is 8.27. The minimum atomic E-state index is -0.140. The maximum Gasteiger partial charge on any atom is 0.262 e. The van der Waals surface area contributed by atoms with E-state index in [1.165, 1.54) is 44.1 Å². The van der Waals surface area contributed by atoms with Gasteiger partial charge >= 0.3 is 0 Å². The minimum absolute atomic E-state index is 0.00935. The van der Waals surface area contributed by atoms with E-state index in [1.54, 1.807) is 0 Å². The van der Waals surface area contributed by atoms with Crippen molar-refractivity contribution in [2.45, 2.75) is 65.0 Å². The molecule has 0 spiro atoms. The van der Waals surface area contributed by atoms with E-state index < -0.39 is 0 Å². The van der Waals surface area contributed by atoms with Crippen molar-refractivity contribution >= 4 is 11.6 Å². The first-order valence-electron chi connectivity index (χ1n) is 12.3. The second-order valence-electron chi connectivity index (χ2n) is 10.7. The lowest BCUT2D eigenvalue weighted by atomic mass is 9.48. The Labute approximate surface area is 192 Å². The number of benzene rings is 2. The van der Waals surface area contributed by atoms with E-state index in [9.17, 15) is 4.79 Å². The molecule has 2 aromatic rings. The molecule has 4 saturated carbocycles. The lowest BCUT2D eigenvalue weighted by molar-refractivity contribution is -0.118. The van der Waals surface area contributed by atoms with Crippen LogP contribution in [0.5, 0.6) is 5.75 Å². The highest BCUT2D eigenvalue weighted by atomic mass is 16.5. The van der Waals surface area contributed by atoms with Crippen LogP contribution in [-0.2, 0) is 11.3 Å². The normalized spacial score (nSPS) is 29.0. The van der Waals surface area contributed by atoms with Crippen LogP contribution < -0.4 is 15.4 Å². The van der Waals surface area contributed by atoms with Crippen LogP contribution in [0.2, 0.25) is 0 Å². The maximum absolute atomic E-state index is 12.4. The Morgan fingerprint density at radius 3 is 2.28 bits per heavy atom. The highest BCUT2D eigenvalue weighted by Crippen LogP contribution is 2.61. The van der Waals surface area contributed by atoms with E-state index >= 15 is 0 Å². The van der Waals surface area contributed by atoms with Crippen molar-refractivity contribution in [2.75, 3.05) is 11.9 Å². The summed E-state index contributed by atoms with van der Waals surface area (Å²) in [6.07, 6.45) is 8.66. The first-order valence-corrected chi connectivity index (χ1v) is 12.3. The van der Waals surface area contributed by atoms with Crippen LogP contribution in [0.4, 0.5) is 5.69 Å². The number of amides is 1. The highest BCUT2D eigenvalue weighted by molar-refractivity contribution is 5.91. The SMILES string of the molecule is Cc1ccc(NC(=O)COc2ccccc2CNC(C)C23CC4CC(CC(C4)C2)C3)cc1. The Morgan fingerprint density at radius 2 is 1.62 bits per heavy atom. The van der Waals surface area contributed by atoms with Gasteiger partial charge in [0.25, 0.3) is 5.91 Å². The number of para-hydroxylation sites is 1. The molecule has 0 aliphatic heterocycles. The van der Waals surface area contributed by atoms with Crippen LogP contribution in [0.25, 0.3) is 0 Å². The summed E-state index contributed by atoms with van der Waals surface area (Å²) in [6.45, 7) is 5.21. The number of aryl methyl sites for hydroxylation is 1. The van der Waals surface area contributed by atoms with Gasteiger partial charge in [-0.3, -0.25) is 4.79 Å². The molecule has 0 heterocycles. The summed E-state index contributed by atoms with van der Waals surface area (Å²) in [4.78, 5) is 12.4. The van der Waals surface area contributed by atoms with Gasteiger partial charge in [-0.25, -0.2) is 0 Å². The highest BCUT2D eigenvalue weighted by Gasteiger charge is 2.52. The molecule has 1 unspecified atom stereocenters. The first-order chi connectivity index (χ1) is 15.5. The third kappa shape index (κ3) is 4.56. The monoisotopic (exact) mass is 432 g/mol. The fraction of sp³-hybridized carbons (Fsp3) is 0.536. The predicted molar refractivity (Wildman–Crippen MR) is 129 cm³/mol. The van der Waals surface area contributed by atoms with Gasteiger partial charge in [-0.2, -0.15) is 0 Å². The van der Waals surface area contributed by atoms with Crippen molar-refractivity contribution in [1.29, 1.82) is 0 Å². The number of hydrogen-bond acceptors (Lipinski definition) is 3. The molecular formula is C28H36N2O2. The van der Waals surface area contributed by atoms with Crippen LogP contribution >= 0.6 is 0 Å². The Morgan fingerprint density at radius 1 is 1.00 bits per heavy atom. The van der Waals surface area contributed by atoms with Crippen LogP contribution in [0.1, 0.15) is 56.6 Å². The standard InChI is InChI=1S/C28H36N2O2/c1-19-7-9-25(10-8-19)30-27(31)18-32-26-6-4-3-5-24(26)17-29-20(2)28-14-21-11-22(15-28)13-23(12-21)16-28/h3-10,20-23,29H,11-18H2,1-2H3,(H,30,31). The maximum atomic E-state index is 12.4. The fourth-order valence-electron chi connectivity index (χ4n) is 6.96. The molecular weight excluding hydrogens is 396 g/mol. The van der Waals surface area contributed by atoms with Crippen molar-refractivity contribution in [1.82, 2.24) is 5.32 Å². The molecule has 0 saturated heterocycles. The number of ether oxygens (including phenoxy) is 1. The second kappa shape index (κ2) is 8.90. The second-order valence-corrected chi connectivity index (χ2v) is 10.7. The van der Waals surface area contributed by atoms with Crippen molar-refractivity contribution in [3.8, 4) is 5.75 Å². The van der Waals surface area contributed by atoms with Gasteiger partial charge in [0, 0.05) is 23.8 Å². The number of anilines is 1. The van der Waals surface area contributed by atoms with Gasteiger partial charge in [-0.15, -0.1) is 0 Å². The third-order valence-corrected chi connectivity index (χ3v) is 8.27. The molecule has 4 bridgehead atoms. The topological polar surface area (TPSA) is 50.4 Å². The van der Waals surface area contributed by atoms with Crippen molar-refractivity contribution < 1.29 is 9.53 Å². The molecule has 0 radical (unpaired) electrons. The smallest absolute Gasteiger partial charge is 0.262 e. The zero-order valence-corrected chi connectivity index (χ0v) is 19.4. The Kier molecular flexibility index (Phi) is 5.98. The lowest BCUT2D eigenvalue weighted by Crippen LogP contribution is -2.54. The molecule has 1 atom stereocenters. The van der Waals surface area contributed by atoms with E-state index in [4.69, 9.17) is 4.74 Å². The van der Waals surface area contributed by atoms with Gasteiger partial charge in [0.2, 0.25) is 0 Å². The van der Waals surface area contributed by atoms with E-state index in [2.05, 4.69) is 23.6 Å². The van der Waals surface area contributed by atoms with Gasteiger partial charge in [0.1, 0.15) is 5.75 Å². The van der Waals surface area contributed by atoms with Crippen molar-refractivity contribution in [3.63, 3.8) is 0 Å². The quantitative estimate of drug-likeness (QED) is 0.562. The molecule has 1 amide bonds. The predicted octanol–water partition coefficient (Wildman–Crippen LogP) is 5.71.